The molecule has 0 radical (unpaired) electrons. The molecule has 26 heavy (non-hydrogen) atoms. The second kappa shape index (κ2) is 5.77. The Morgan fingerprint density at radius 1 is 1.15 bits per heavy atom. The number of carbonyl (C=O) groups excluding carboxylic acids is 2. The molecule has 0 bridgehead atoms. The number of rotatable bonds is 3. The van der Waals surface area contributed by atoms with Crippen molar-refractivity contribution in [1.29, 1.82) is 5.26 Å². The Morgan fingerprint density at radius 3 is 2.62 bits per heavy atom. The van der Waals surface area contributed by atoms with Gasteiger partial charge in [0.1, 0.15) is 5.54 Å². The minimum Gasteiger partial charge on any atom is -0.454 e. The predicted octanol–water partition coefficient (Wildman–Crippen LogP) is 2.25. The van der Waals surface area contributed by atoms with Gasteiger partial charge >= 0.3 is 6.03 Å². The average Bonchev–Trinajstić information content (AvgIpc) is 3.21. The van der Waals surface area contributed by atoms with E-state index in [4.69, 9.17) is 14.7 Å². The highest BCUT2D eigenvalue weighted by atomic mass is 16.7. The lowest BCUT2D eigenvalue weighted by Crippen LogP contribution is -2.40. The van der Waals surface area contributed by atoms with E-state index in [0.29, 0.717) is 22.6 Å². The van der Waals surface area contributed by atoms with Crippen molar-refractivity contribution in [2.45, 2.75) is 19.0 Å². The highest BCUT2D eigenvalue weighted by Gasteiger charge is 2.49. The smallest absolute Gasteiger partial charge is 0.325 e. The molecule has 0 aliphatic carbocycles. The molecule has 4 rings (SSSR count). The third-order valence-electron chi connectivity index (χ3n) is 4.65. The van der Waals surface area contributed by atoms with Crippen LogP contribution < -0.4 is 14.8 Å². The lowest BCUT2D eigenvalue weighted by Gasteiger charge is -2.22. The fourth-order valence-electron chi connectivity index (χ4n) is 3.11. The van der Waals surface area contributed by atoms with Crippen molar-refractivity contribution >= 4 is 11.9 Å². The number of amides is 3. The molecule has 2 aliphatic heterocycles. The highest BCUT2D eigenvalue weighted by Crippen LogP contribution is 2.38. The maximum absolute atomic E-state index is 13.0. The molecule has 0 spiro atoms. The molecule has 2 aliphatic rings. The summed E-state index contributed by atoms with van der Waals surface area (Å²) < 4.78 is 10.7. The van der Waals surface area contributed by atoms with Crippen LogP contribution in [0, 0.1) is 11.3 Å². The number of ether oxygens (including phenoxy) is 2. The summed E-state index contributed by atoms with van der Waals surface area (Å²) in [6, 6.07) is 13.5. The predicted molar refractivity (Wildman–Crippen MR) is 90.2 cm³/mol. The van der Waals surface area contributed by atoms with Gasteiger partial charge in [-0.15, -0.1) is 0 Å². The van der Waals surface area contributed by atoms with Crippen molar-refractivity contribution in [3.63, 3.8) is 0 Å². The zero-order chi connectivity index (χ0) is 18.3. The summed E-state index contributed by atoms with van der Waals surface area (Å²) in [5.74, 6) is 0.825. The van der Waals surface area contributed by atoms with E-state index in [9.17, 15) is 9.59 Å². The van der Waals surface area contributed by atoms with Gasteiger partial charge in [0.15, 0.2) is 11.5 Å². The molecule has 0 aromatic heterocycles. The Hall–Kier alpha value is -3.53. The van der Waals surface area contributed by atoms with Crippen LogP contribution in [0.15, 0.2) is 42.5 Å². The summed E-state index contributed by atoms with van der Waals surface area (Å²) in [5.41, 5.74) is 0.742. The zero-order valence-electron chi connectivity index (χ0n) is 14.0. The van der Waals surface area contributed by atoms with E-state index >= 15 is 0 Å². The Kier molecular flexibility index (Phi) is 3.55. The summed E-state index contributed by atoms with van der Waals surface area (Å²) in [6.45, 7) is 1.95. The number of urea groups is 1. The minimum absolute atomic E-state index is 0.135. The fourth-order valence-corrected chi connectivity index (χ4v) is 3.11. The molecule has 1 fully saturated rings. The largest absolute Gasteiger partial charge is 0.454 e. The van der Waals surface area contributed by atoms with E-state index in [-0.39, 0.29) is 19.2 Å². The van der Waals surface area contributed by atoms with Crippen LogP contribution in [-0.2, 0) is 16.9 Å². The quantitative estimate of drug-likeness (QED) is 0.858. The average molecular weight is 349 g/mol. The summed E-state index contributed by atoms with van der Waals surface area (Å²) in [5, 5.41) is 11.6. The van der Waals surface area contributed by atoms with Gasteiger partial charge < -0.3 is 14.8 Å². The molecule has 130 valence electrons. The van der Waals surface area contributed by atoms with Crippen molar-refractivity contribution in [2.75, 3.05) is 6.79 Å². The minimum atomic E-state index is -1.18. The first-order chi connectivity index (χ1) is 12.5. The van der Waals surface area contributed by atoms with Crippen LogP contribution in [0.5, 0.6) is 11.5 Å². The van der Waals surface area contributed by atoms with Crippen molar-refractivity contribution in [3.8, 4) is 17.6 Å². The number of fused-ring (bicyclic) bond motifs is 1. The second-order valence-electron chi connectivity index (χ2n) is 6.32. The molecule has 7 heteroatoms. The van der Waals surface area contributed by atoms with Crippen LogP contribution in [0.3, 0.4) is 0 Å². The molecule has 1 saturated heterocycles. The van der Waals surface area contributed by atoms with Gasteiger partial charge in [-0.3, -0.25) is 9.69 Å². The molecule has 2 heterocycles. The third kappa shape index (κ3) is 2.43. The molecule has 7 nitrogen and oxygen atoms in total. The van der Waals surface area contributed by atoms with Gasteiger partial charge in [-0.25, -0.2) is 4.79 Å². The number of carbonyl (C=O) groups is 2. The monoisotopic (exact) mass is 349 g/mol. The summed E-state index contributed by atoms with van der Waals surface area (Å²) in [4.78, 5) is 26.6. The number of nitrogens with one attached hydrogen (secondary N) is 1. The Bertz CT molecular complexity index is 948. The lowest BCUT2D eigenvalue weighted by atomic mass is 9.91. The van der Waals surface area contributed by atoms with E-state index in [0.717, 1.165) is 5.56 Å². The molecule has 2 aromatic carbocycles. The van der Waals surface area contributed by atoms with Crippen molar-refractivity contribution in [3.05, 3.63) is 59.2 Å². The molecule has 1 N–H and O–H groups in total. The van der Waals surface area contributed by atoms with Gasteiger partial charge in [0.2, 0.25) is 6.79 Å². The van der Waals surface area contributed by atoms with Crippen molar-refractivity contribution in [1.82, 2.24) is 10.2 Å². The number of benzene rings is 2. The van der Waals surface area contributed by atoms with E-state index in [1.165, 1.54) is 4.90 Å². The molecule has 0 saturated carbocycles. The van der Waals surface area contributed by atoms with Crippen LogP contribution in [0.2, 0.25) is 0 Å². The van der Waals surface area contributed by atoms with Crippen LogP contribution in [0.25, 0.3) is 0 Å². The highest BCUT2D eigenvalue weighted by molar-refractivity contribution is 6.07. The topological polar surface area (TPSA) is 91.7 Å². The second-order valence-corrected chi connectivity index (χ2v) is 6.32. The van der Waals surface area contributed by atoms with Crippen LogP contribution in [0.4, 0.5) is 4.79 Å². The number of hydrogen-bond donors (Lipinski definition) is 1. The van der Waals surface area contributed by atoms with Gasteiger partial charge in [0, 0.05) is 0 Å². The van der Waals surface area contributed by atoms with Crippen molar-refractivity contribution < 1.29 is 19.1 Å². The van der Waals surface area contributed by atoms with Crippen molar-refractivity contribution in [2.24, 2.45) is 0 Å². The summed E-state index contributed by atoms with van der Waals surface area (Å²) >= 11 is 0. The number of nitrogens with zero attached hydrogens (tertiary/aromatic N) is 2. The van der Waals surface area contributed by atoms with Gasteiger partial charge in [-0.1, -0.05) is 18.2 Å². The zero-order valence-corrected chi connectivity index (χ0v) is 14.0. The number of nitriles is 1. The summed E-state index contributed by atoms with van der Waals surface area (Å²) in [7, 11) is 0. The molecule has 1 atom stereocenters. The van der Waals surface area contributed by atoms with E-state index in [1.807, 2.05) is 6.07 Å². The van der Waals surface area contributed by atoms with Crippen LogP contribution in [-0.4, -0.2) is 23.6 Å². The normalized spacial score (nSPS) is 20.8. The van der Waals surface area contributed by atoms with E-state index < -0.39 is 11.6 Å². The van der Waals surface area contributed by atoms with Crippen LogP contribution >= 0.6 is 0 Å². The maximum Gasteiger partial charge on any atom is 0.325 e. The van der Waals surface area contributed by atoms with Gasteiger partial charge in [-0.05, 0) is 42.3 Å². The Labute approximate surface area is 149 Å². The van der Waals surface area contributed by atoms with Crippen LogP contribution in [0.1, 0.15) is 23.6 Å². The molecule has 2 aromatic rings. The maximum atomic E-state index is 13.0. The molecule has 3 amide bonds. The Balaban J connectivity index is 1.60. The van der Waals surface area contributed by atoms with Gasteiger partial charge in [0.25, 0.3) is 5.91 Å². The molecular formula is C19H15N3O4. The Morgan fingerprint density at radius 2 is 1.88 bits per heavy atom. The van der Waals surface area contributed by atoms with E-state index in [2.05, 4.69) is 5.32 Å². The number of hydrogen-bond acceptors (Lipinski definition) is 5. The first kappa shape index (κ1) is 16.0. The standard InChI is InChI=1S/C19H15N3O4/c1-19(14-6-7-15-16(8-14)26-11-25-15)17(23)22(18(24)21-19)10-13-4-2-12(9-20)3-5-13/h2-8H,10-11H2,1H3,(H,21,24). The van der Waals surface area contributed by atoms with Gasteiger partial charge in [-0.2, -0.15) is 5.26 Å². The van der Waals surface area contributed by atoms with E-state index in [1.54, 1.807) is 49.4 Å². The first-order valence-electron chi connectivity index (χ1n) is 8.04. The molecular weight excluding hydrogens is 334 g/mol. The molecule has 1 unspecified atom stereocenters. The SMILES string of the molecule is CC1(c2ccc3c(c2)OCO3)NC(=O)N(Cc2ccc(C#N)cc2)C1=O. The first-order valence-corrected chi connectivity index (χ1v) is 8.04. The third-order valence-corrected chi connectivity index (χ3v) is 4.65. The fraction of sp³-hybridized carbons (Fsp3) is 0.211. The summed E-state index contributed by atoms with van der Waals surface area (Å²) in [6.07, 6.45) is 0. The number of imide groups is 1. The lowest BCUT2D eigenvalue weighted by molar-refractivity contribution is -0.131. The van der Waals surface area contributed by atoms with Gasteiger partial charge in [0.05, 0.1) is 18.2 Å².